The molecule has 7 heteroatoms. The van der Waals surface area contributed by atoms with E-state index in [1.807, 2.05) is 45.2 Å². The summed E-state index contributed by atoms with van der Waals surface area (Å²) >= 11 is 3.67. The van der Waals surface area contributed by atoms with E-state index in [-0.39, 0.29) is 4.90 Å². The van der Waals surface area contributed by atoms with Gasteiger partial charge in [0.05, 0.1) is 7.11 Å². The molecule has 1 N–H and O–H groups in total. The van der Waals surface area contributed by atoms with Crippen LogP contribution < -0.4 is 4.74 Å². The van der Waals surface area contributed by atoms with Gasteiger partial charge in [-0.3, -0.25) is 4.55 Å². The average molecular weight is 440 g/mol. The molecule has 1 aromatic carbocycles. The molecule has 0 atom stereocenters. The van der Waals surface area contributed by atoms with Crippen LogP contribution >= 0.6 is 45.2 Å². The Hall–Kier alpha value is 0.390. The molecule has 0 aliphatic carbocycles. The summed E-state index contributed by atoms with van der Waals surface area (Å²) in [6.45, 7) is 0. The first-order valence-electron chi connectivity index (χ1n) is 3.37. The van der Waals surface area contributed by atoms with Crippen molar-refractivity contribution in [3.8, 4) is 5.75 Å². The first kappa shape index (κ1) is 12.5. The quantitative estimate of drug-likeness (QED) is 0.566. The first-order chi connectivity index (χ1) is 6.36. The lowest BCUT2D eigenvalue weighted by Gasteiger charge is -2.06. The van der Waals surface area contributed by atoms with Crippen LogP contribution in [0.25, 0.3) is 0 Å². The average Bonchev–Trinajstić information content (AvgIpc) is 1.99. The Morgan fingerprint density at radius 2 is 1.71 bits per heavy atom. The van der Waals surface area contributed by atoms with Gasteiger partial charge in [-0.1, -0.05) is 0 Å². The zero-order valence-corrected chi connectivity index (χ0v) is 12.1. The van der Waals surface area contributed by atoms with E-state index < -0.39 is 10.1 Å². The number of hydrogen-bond donors (Lipinski definition) is 1. The van der Waals surface area contributed by atoms with Crippen LogP contribution in [0.1, 0.15) is 0 Å². The van der Waals surface area contributed by atoms with Crippen molar-refractivity contribution in [1.82, 2.24) is 0 Å². The lowest BCUT2D eigenvalue weighted by molar-refractivity contribution is 0.413. The van der Waals surface area contributed by atoms with Crippen LogP contribution in [0.5, 0.6) is 5.75 Å². The Labute approximate surface area is 109 Å². The molecule has 0 radical (unpaired) electrons. The predicted molar refractivity (Wildman–Crippen MR) is 68.2 cm³/mol. The van der Waals surface area contributed by atoms with Crippen molar-refractivity contribution >= 4 is 55.3 Å². The van der Waals surface area contributed by atoms with Gasteiger partial charge in [0.15, 0.2) is 0 Å². The van der Waals surface area contributed by atoms with Crippen molar-refractivity contribution in [3.63, 3.8) is 0 Å². The summed E-state index contributed by atoms with van der Waals surface area (Å²) in [5, 5.41) is 0. The second kappa shape index (κ2) is 4.49. The second-order valence-corrected chi connectivity index (χ2v) is 6.08. The molecule has 14 heavy (non-hydrogen) atoms. The minimum atomic E-state index is -4.16. The molecule has 0 saturated heterocycles. The number of halogens is 2. The Balaban J connectivity index is 3.48. The number of benzene rings is 1. The van der Waals surface area contributed by atoms with E-state index >= 15 is 0 Å². The lowest BCUT2D eigenvalue weighted by atomic mass is 10.3. The zero-order valence-electron chi connectivity index (χ0n) is 6.99. The molecule has 0 aromatic heterocycles. The van der Waals surface area contributed by atoms with Crippen LogP contribution in [0.15, 0.2) is 17.0 Å². The number of methoxy groups -OCH3 is 1. The number of ether oxygens (including phenoxy) is 1. The summed E-state index contributed by atoms with van der Waals surface area (Å²) < 4.78 is 36.7. The van der Waals surface area contributed by atoms with E-state index in [0.29, 0.717) is 12.9 Å². The summed E-state index contributed by atoms with van der Waals surface area (Å²) in [6, 6.07) is 3.09. The van der Waals surface area contributed by atoms with Gasteiger partial charge in [0.1, 0.15) is 10.6 Å². The highest BCUT2D eigenvalue weighted by molar-refractivity contribution is 14.1. The molecule has 1 aromatic rings. The van der Waals surface area contributed by atoms with Gasteiger partial charge in [0, 0.05) is 7.14 Å². The molecule has 78 valence electrons. The van der Waals surface area contributed by atoms with E-state index in [1.165, 1.54) is 7.11 Å². The Bertz CT molecular complexity index is 432. The molecule has 0 bridgehead atoms. The molecule has 0 aliphatic rings. The monoisotopic (exact) mass is 440 g/mol. The molecular formula is C7H6I2O4S. The molecule has 4 nitrogen and oxygen atoms in total. The fourth-order valence-corrected chi connectivity index (χ4v) is 4.89. The molecule has 0 heterocycles. The highest BCUT2D eigenvalue weighted by Crippen LogP contribution is 2.28. The number of rotatable bonds is 2. The summed E-state index contributed by atoms with van der Waals surface area (Å²) in [5.41, 5.74) is 0. The van der Waals surface area contributed by atoms with E-state index in [1.54, 1.807) is 12.1 Å². The summed E-state index contributed by atoms with van der Waals surface area (Å²) in [7, 11) is -2.67. The molecular weight excluding hydrogens is 434 g/mol. The Morgan fingerprint density at radius 1 is 1.29 bits per heavy atom. The van der Waals surface area contributed by atoms with Crippen LogP contribution in [0.4, 0.5) is 0 Å². The van der Waals surface area contributed by atoms with E-state index in [0.717, 1.165) is 0 Å². The Kier molecular flexibility index (Phi) is 4.00. The normalized spacial score (nSPS) is 11.4. The maximum Gasteiger partial charge on any atom is 0.296 e. The molecule has 0 amide bonds. The van der Waals surface area contributed by atoms with Crippen LogP contribution in [-0.2, 0) is 10.1 Å². The van der Waals surface area contributed by atoms with Crippen LogP contribution in [0, 0.1) is 7.14 Å². The molecule has 0 fully saturated rings. The topological polar surface area (TPSA) is 63.6 Å². The zero-order chi connectivity index (χ0) is 10.9. The van der Waals surface area contributed by atoms with Gasteiger partial charge in [0.2, 0.25) is 0 Å². The van der Waals surface area contributed by atoms with Crippen LogP contribution in [0.2, 0.25) is 0 Å². The van der Waals surface area contributed by atoms with E-state index in [2.05, 4.69) is 0 Å². The highest BCUT2D eigenvalue weighted by Gasteiger charge is 2.19. The van der Waals surface area contributed by atoms with Crippen molar-refractivity contribution in [2.24, 2.45) is 0 Å². The summed E-state index contributed by atoms with van der Waals surface area (Å²) in [6.07, 6.45) is 0. The maximum atomic E-state index is 11.0. The van der Waals surface area contributed by atoms with Crippen molar-refractivity contribution in [1.29, 1.82) is 0 Å². The van der Waals surface area contributed by atoms with Gasteiger partial charge in [-0.2, -0.15) is 8.42 Å². The molecule has 0 spiro atoms. The SMILES string of the molecule is COc1cc(I)c(S(=O)(=O)O)c(I)c1. The molecule has 1 rings (SSSR count). The fraction of sp³-hybridized carbons (Fsp3) is 0.143. The van der Waals surface area contributed by atoms with Crippen molar-refractivity contribution in [2.75, 3.05) is 7.11 Å². The van der Waals surface area contributed by atoms with E-state index in [9.17, 15) is 8.42 Å². The van der Waals surface area contributed by atoms with Gasteiger partial charge in [-0.25, -0.2) is 0 Å². The predicted octanol–water partition coefficient (Wildman–Crippen LogP) is 2.15. The van der Waals surface area contributed by atoms with Gasteiger partial charge in [0.25, 0.3) is 10.1 Å². The van der Waals surface area contributed by atoms with Gasteiger partial charge >= 0.3 is 0 Å². The minimum absolute atomic E-state index is 0.0699. The lowest BCUT2D eigenvalue weighted by Crippen LogP contribution is -2.04. The molecule has 0 aliphatic heterocycles. The standard InChI is InChI=1S/C7H6I2O4S/c1-13-4-2-5(8)7(6(9)3-4)14(10,11)12/h2-3H,1H3,(H,10,11,12). The summed E-state index contributed by atoms with van der Waals surface area (Å²) in [5.74, 6) is 0.561. The third kappa shape index (κ3) is 2.70. The third-order valence-electron chi connectivity index (χ3n) is 1.47. The maximum absolute atomic E-state index is 11.0. The third-order valence-corrected chi connectivity index (χ3v) is 4.85. The first-order valence-corrected chi connectivity index (χ1v) is 6.96. The largest absolute Gasteiger partial charge is 0.497 e. The van der Waals surface area contributed by atoms with Gasteiger partial charge in [-0.05, 0) is 57.3 Å². The fourth-order valence-electron chi connectivity index (χ4n) is 0.901. The van der Waals surface area contributed by atoms with Crippen LogP contribution in [-0.4, -0.2) is 20.1 Å². The highest BCUT2D eigenvalue weighted by atomic mass is 127. The molecule has 0 unspecified atom stereocenters. The van der Waals surface area contributed by atoms with E-state index in [4.69, 9.17) is 9.29 Å². The van der Waals surface area contributed by atoms with Crippen molar-refractivity contribution < 1.29 is 17.7 Å². The second-order valence-electron chi connectivity index (χ2n) is 2.40. The molecule has 0 saturated carbocycles. The van der Waals surface area contributed by atoms with Crippen molar-refractivity contribution in [2.45, 2.75) is 4.90 Å². The number of hydrogen-bond acceptors (Lipinski definition) is 3. The smallest absolute Gasteiger partial charge is 0.296 e. The van der Waals surface area contributed by atoms with Crippen molar-refractivity contribution in [3.05, 3.63) is 19.3 Å². The van der Waals surface area contributed by atoms with Crippen LogP contribution in [0.3, 0.4) is 0 Å². The van der Waals surface area contributed by atoms with Gasteiger partial charge in [-0.15, -0.1) is 0 Å². The Morgan fingerprint density at radius 3 is 2.00 bits per heavy atom. The minimum Gasteiger partial charge on any atom is -0.497 e. The summed E-state index contributed by atoms with van der Waals surface area (Å²) in [4.78, 5) is -0.0699. The van der Waals surface area contributed by atoms with Gasteiger partial charge < -0.3 is 4.74 Å².